The predicted octanol–water partition coefficient (Wildman–Crippen LogP) is 7.42. The Bertz CT molecular complexity index is 1300. The van der Waals surface area contributed by atoms with Crippen LogP contribution in [0, 0.1) is 5.82 Å². The lowest BCUT2D eigenvalue weighted by Gasteiger charge is -2.26. The van der Waals surface area contributed by atoms with Crippen LogP contribution in [0.5, 0.6) is 11.5 Å². The SMILES string of the molecule is Oc1ccc(CN(CCc2cccc(O)c2)C(=Nc2ccc(F)c(Cl)c2)Sc2ccccc2)cc1. The molecule has 0 fully saturated rings. The highest BCUT2D eigenvalue weighted by Gasteiger charge is 2.16. The number of hydrogen-bond donors (Lipinski definition) is 2. The van der Waals surface area contributed by atoms with Gasteiger partial charge >= 0.3 is 0 Å². The molecular weight excluding hydrogens is 483 g/mol. The van der Waals surface area contributed by atoms with Gasteiger partial charge in [-0.3, -0.25) is 0 Å². The zero-order chi connectivity index (χ0) is 24.6. The molecule has 0 radical (unpaired) electrons. The van der Waals surface area contributed by atoms with Crippen molar-refractivity contribution in [1.29, 1.82) is 0 Å². The number of halogens is 2. The van der Waals surface area contributed by atoms with Crippen molar-refractivity contribution < 1.29 is 14.6 Å². The lowest BCUT2D eigenvalue weighted by Crippen LogP contribution is -2.30. The van der Waals surface area contributed by atoms with Crippen LogP contribution in [-0.4, -0.2) is 26.8 Å². The van der Waals surface area contributed by atoms with Crippen LogP contribution in [0.2, 0.25) is 5.02 Å². The highest BCUT2D eigenvalue weighted by molar-refractivity contribution is 8.13. The van der Waals surface area contributed by atoms with Gasteiger partial charge in [-0.15, -0.1) is 0 Å². The Labute approximate surface area is 213 Å². The van der Waals surface area contributed by atoms with Gasteiger partial charge in [-0.25, -0.2) is 9.38 Å². The van der Waals surface area contributed by atoms with Crippen LogP contribution in [-0.2, 0) is 13.0 Å². The molecule has 0 aliphatic heterocycles. The number of nitrogens with zero attached hydrogens (tertiary/aromatic N) is 2. The summed E-state index contributed by atoms with van der Waals surface area (Å²) in [6.07, 6.45) is 0.672. The van der Waals surface area contributed by atoms with Crippen molar-refractivity contribution in [3.63, 3.8) is 0 Å². The molecule has 0 unspecified atom stereocenters. The molecule has 178 valence electrons. The molecule has 4 aromatic rings. The molecule has 4 nitrogen and oxygen atoms in total. The number of phenolic OH excluding ortho intramolecular Hbond substituents is 2. The molecule has 7 heteroatoms. The van der Waals surface area contributed by atoms with Crippen LogP contribution >= 0.6 is 23.4 Å². The van der Waals surface area contributed by atoms with E-state index in [1.54, 1.807) is 30.3 Å². The van der Waals surface area contributed by atoms with Gasteiger partial charge in [0.05, 0.1) is 10.7 Å². The van der Waals surface area contributed by atoms with Crippen molar-refractivity contribution in [3.05, 3.63) is 119 Å². The summed E-state index contributed by atoms with van der Waals surface area (Å²) >= 11 is 7.53. The average molecular weight is 507 g/mol. The van der Waals surface area contributed by atoms with Gasteiger partial charge in [0.1, 0.15) is 17.3 Å². The fourth-order valence-electron chi connectivity index (χ4n) is 3.46. The molecular formula is C28H24ClFN2O2S. The highest BCUT2D eigenvalue weighted by Crippen LogP contribution is 2.28. The molecule has 0 aliphatic rings. The van der Waals surface area contributed by atoms with E-state index in [1.807, 2.05) is 54.6 Å². The van der Waals surface area contributed by atoms with Crippen molar-refractivity contribution in [2.45, 2.75) is 17.9 Å². The monoisotopic (exact) mass is 506 g/mol. The van der Waals surface area contributed by atoms with Crippen molar-refractivity contribution in [2.75, 3.05) is 6.54 Å². The normalized spacial score (nSPS) is 11.4. The molecule has 4 rings (SSSR count). The first-order valence-corrected chi connectivity index (χ1v) is 12.2. The van der Waals surface area contributed by atoms with Gasteiger partial charge < -0.3 is 15.1 Å². The molecule has 0 saturated carbocycles. The Morgan fingerprint density at radius 1 is 0.829 bits per heavy atom. The second kappa shape index (κ2) is 11.8. The highest BCUT2D eigenvalue weighted by atomic mass is 35.5. The van der Waals surface area contributed by atoms with Crippen LogP contribution in [0.15, 0.2) is 107 Å². The van der Waals surface area contributed by atoms with E-state index in [2.05, 4.69) is 4.90 Å². The molecule has 0 aliphatic carbocycles. The summed E-state index contributed by atoms with van der Waals surface area (Å²) in [4.78, 5) is 7.99. The second-order valence-electron chi connectivity index (χ2n) is 7.92. The Morgan fingerprint density at radius 3 is 2.31 bits per heavy atom. The van der Waals surface area contributed by atoms with Gasteiger partial charge in [-0.05, 0) is 72.1 Å². The van der Waals surface area contributed by atoms with Gasteiger partial charge in [0.15, 0.2) is 5.17 Å². The lowest BCUT2D eigenvalue weighted by molar-refractivity contribution is 0.423. The third-order valence-corrected chi connectivity index (χ3v) is 6.57. The van der Waals surface area contributed by atoms with Crippen molar-refractivity contribution in [1.82, 2.24) is 4.90 Å². The number of aliphatic imine (C=N–C) groups is 1. The van der Waals surface area contributed by atoms with Gasteiger partial charge in [0.2, 0.25) is 0 Å². The minimum Gasteiger partial charge on any atom is -0.508 e. The van der Waals surface area contributed by atoms with E-state index >= 15 is 0 Å². The maximum absolute atomic E-state index is 13.8. The molecule has 35 heavy (non-hydrogen) atoms. The van der Waals surface area contributed by atoms with Crippen LogP contribution in [0.4, 0.5) is 10.1 Å². The third kappa shape index (κ3) is 7.25. The summed E-state index contributed by atoms with van der Waals surface area (Å²) in [6.45, 7) is 1.14. The van der Waals surface area contributed by atoms with Crippen LogP contribution in [0.25, 0.3) is 0 Å². The fourth-order valence-corrected chi connectivity index (χ4v) is 4.57. The number of amidine groups is 1. The van der Waals surface area contributed by atoms with Crippen LogP contribution in [0.1, 0.15) is 11.1 Å². The minimum absolute atomic E-state index is 0.0140. The lowest BCUT2D eigenvalue weighted by atomic mass is 10.1. The minimum atomic E-state index is -0.493. The first kappa shape index (κ1) is 24.6. The van der Waals surface area contributed by atoms with E-state index in [1.165, 1.54) is 23.9 Å². The number of thioether (sulfide) groups is 1. The second-order valence-corrected chi connectivity index (χ2v) is 9.36. The van der Waals surface area contributed by atoms with Gasteiger partial charge in [-0.1, -0.05) is 65.8 Å². The van der Waals surface area contributed by atoms with E-state index < -0.39 is 5.82 Å². The Balaban J connectivity index is 1.70. The molecule has 0 atom stereocenters. The summed E-state index contributed by atoms with van der Waals surface area (Å²) in [5.41, 5.74) is 2.54. The predicted molar refractivity (Wildman–Crippen MR) is 141 cm³/mol. The number of benzene rings is 4. The van der Waals surface area contributed by atoms with E-state index in [4.69, 9.17) is 16.6 Å². The maximum Gasteiger partial charge on any atom is 0.169 e. The third-order valence-electron chi connectivity index (χ3n) is 5.24. The molecule has 0 heterocycles. The maximum atomic E-state index is 13.8. The smallest absolute Gasteiger partial charge is 0.169 e. The first-order chi connectivity index (χ1) is 17.0. The molecule has 2 N–H and O–H groups in total. The van der Waals surface area contributed by atoms with Crippen molar-refractivity contribution >= 4 is 34.2 Å². The first-order valence-electron chi connectivity index (χ1n) is 11.0. The molecule has 0 amide bonds. The van der Waals surface area contributed by atoms with Gasteiger partial charge in [0, 0.05) is 18.0 Å². The summed E-state index contributed by atoms with van der Waals surface area (Å²) in [6, 6.07) is 28.6. The molecule has 4 aromatic carbocycles. The summed E-state index contributed by atoms with van der Waals surface area (Å²) in [7, 11) is 0. The largest absolute Gasteiger partial charge is 0.508 e. The van der Waals surface area contributed by atoms with E-state index in [0.717, 1.165) is 16.0 Å². The summed E-state index contributed by atoms with van der Waals surface area (Å²) < 4.78 is 13.8. The summed E-state index contributed by atoms with van der Waals surface area (Å²) in [5, 5.41) is 20.3. The van der Waals surface area contributed by atoms with Gasteiger partial charge in [0.25, 0.3) is 0 Å². The van der Waals surface area contributed by atoms with Gasteiger partial charge in [-0.2, -0.15) is 0 Å². The fraction of sp³-hybridized carbons (Fsp3) is 0.107. The Morgan fingerprint density at radius 2 is 1.60 bits per heavy atom. The van der Waals surface area contributed by atoms with E-state index in [0.29, 0.717) is 30.4 Å². The molecule has 0 spiro atoms. The molecule has 0 bridgehead atoms. The average Bonchev–Trinajstić information content (AvgIpc) is 2.85. The van der Waals surface area contributed by atoms with E-state index in [-0.39, 0.29) is 16.5 Å². The molecule has 0 saturated heterocycles. The zero-order valence-electron chi connectivity index (χ0n) is 18.8. The number of rotatable bonds is 7. The van der Waals surface area contributed by atoms with Crippen molar-refractivity contribution in [3.8, 4) is 11.5 Å². The zero-order valence-corrected chi connectivity index (χ0v) is 20.4. The van der Waals surface area contributed by atoms with Crippen LogP contribution < -0.4 is 0 Å². The summed E-state index contributed by atoms with van der Waals surface area (Å²) in [5.74, 6) is -0.0673. The Hall–Kier alpha value is -3.48. The molecule has 0 aromatic heterocycles. The topological polar surface area (TPSA) is 56.1 Å². The quantitative estimate of drug-likeness (QED) is 0.155. The number of hydrogen-bond acceptors (Lipinski definition) is 4. The Kier molecular flexibility index (Phi) is 8.29. The number of aromatic hydroxyl groups is 2. The van der Waals surface area contributed by atoms with E-state index in [9.17, 15) is 14.6 Å². The standard InChI is InChI=1S/C28H24ClFN2O2S/c29-26-18-22(11-14-27(26)30)31-28(35-25-7-2-1-3-8-25)32(19-21-9-12-23(33)13-10-21)16-15-20-5-4-6-24(34)17-20/h1-14,17-18,33-34H,15-16,19H2. The number of phenols is 2. The van der Waals surface area contributed by atoms with Crippen molar-refractivity contribution in [2.24, 2.45) is 4.99 Å². The van der Waals surface area contributed by atoms with Crippen LogP contribution in [0.3, 0.4) is 0 Å².